The van der Waals surface area contributed by atoms with Crippen LogP contribution in [0.25, 0.3) is 0 Å². The van der Waals surface area contributed by atoms with Crippen LogP contribution in [0.15, 0.2) is 48.5 Å². The fourth-order valence-electron chi connectivity index (χ4n) is 6.84. The van der Waals surface area contributed by atoms with E-state index in [1.807, 2.05) is 36.1 Å². The molecule has 0 N–H and O–H groups in total. The van der Waals surface area contributed by atoms with Gasteiger partial charge in [-0.2, -0.15) is 17.0 Å². The Labute approximate surface area is 257 Å². The molecule has 4 bridgehead atoms. The molecule has 3 heterocycles. The summed E-state index contributed by atoms with van der Waals surface area (Å²) < 4.78 is 42.4. The lowest BCUT2D eigenvalue weighted by molar-refractivity contribution is -0.136. The van der Waals surface area contributed by atoms with Gasteiger partial charge in [0.05, 0.1) is 31.9 Å². The zero-order chi connectivity index (χ0) is 30.6. The Hall–Kier alpha value is -2.90. The lowest BCUT2D eigenvalue weighted by Gasteiger charge is -2.37. The first kappa shape index (κ1) is 31.5. The maximum Gasteiger partial charge on any atom is 0.282 e. The molecule has 0 radical (unpaired) electrons. The van der Waals surface area contributed by atoms with E-state index < -0.39 is 16.3 Å². The molecule has 2 aromatic rings. The number of hydrogen-bond donors (Lipinski definition) is 0. The minimum Gasteiger partial charge on any atom is -0.497 e. The highest BCUT2D eigenvalue weighted by Crippen LogP contribution is 2.37. The molecule has 3 atom stereocenters. The number of methoxy groups -OCH3 is 1. The van der Waals surface area contributed by atoms with Crippen molar-refractivity contribution in [2.75, 3.05) is 27.8 Å². The Morgan fingerprint density at radius 2 is 1.81 bits per heavy atom. The Kier molecular flexibility index (Phi) is 10.1. The fraction of sp³-hybridized carbons (Fsp3) is 0.559. The minimum absolute atomic E-state index is 0.0343. The molecule has 2 fully saturated rings. The van der Waals surface area contributed by atoms with Gasteiger partial charge in [0, 0.05) is 45.1 Å². The van der Waals surface area contributed by atoms with Gasteiger partial charge >= 0.3 is 0 Å². The van der Waals surface area contributed by atoms with Gasteiger partial charge in [-0.3, -0.25) is 4.79 Å². The molecular formula is C34H45N3O5S. The normalized spacial score (nSPS) is 26.6. The summed E-state index contributed by atoms with van der Waals surface area (Å²) in [5.74, 6) is 7.80. The molecule has 1 unspecified atom stereocenters. The van der Waals surface area contributed by atoms with Crippen LogP contribution in [0.5, 0.6) is 5.75 Å². The van der Waals surface area contributed by atoms with Crippen LogP contribution in [0.2, 0.25) is 0 Å². The summed E-state index contributed by atoms with van der Waals surface area (Å²) in [6, 6.07) is 15.1. The minimum atomic E-state index is -3.82. The molecule has 0 spiro atoms. The molecule has 1 aliphatic carbocycles. The lowest BCUT2D eigenvalue weighted by atomic mass is 9.82. The van der Waals surface area contributed by atoms with E-state index in [1.54, 1.807) is 25.5 Å². The van der Waals surface area contributed by atoms with Crippen LogP contribution in [-0.4, -0.2) is 79.9 Å². The Balaban J connectivity index is 1.44. The van der Waals surface area contributed by atoms with Crippen LogP contribution in [0, 0.1) is 11.8 Å². The molecule has 9 heteroatoms. The third kappa shape index (κ3) is 7.26. The molecule has 43 heavy (non-hydrogen) atoms. The SMILES string of the molecule is COc1ccc(CN([C@H]2CC(C)N3C(=O)CCCC#Cc4cccc(c4)C4CCC(CC4)OC[C@@H]23)S(=O)(=O)N(C)C)cc1. The summed E-state index contributed by atoms with van der Waals surface area (Å²) in [7, 11) is 0.914. The lowest BCUT2D eigenvalue weighted by Crippen LogP contribution is -2.53. The van der Waals surface area contributed by atoms with Crippen LogP contribution >= 0.6 is 0 Å². The van der Waals surface area contributed by atoms with Crippen molar-refractivity contribution in [2.24, 2.45) is 0 Å². The van der Waals surface area contributed by atoms with E-state index in [0.29, 0.717) is 44.0 Å². The number of benzene rings is 2. The Morgan fingerprint density at radius 1 is 1.07 bits per heavy atom. The first-order valence-corrected chi connectivity index (χ1v) is 16.9. The summed E-state index contributed by atoms with van der Waals surface area (Å²) >= 11 is 0. The van der Waals surface area contributed by atoms with Crippen LogP contribution < -0.4 is 4.74 Å². The molecule has 232 valence electrons. The zero-order valence-electron chi connectivity index (χ0n) is 25.9. The van der Waals surface area contributed by atoms with Gasteiger partial charge < -0.3 is 14.4 Å². The molecule has 4 aliphatic rings. The van der Waals surface area contributed by atoms with E-state index in [0.717, 1.165) is 36.8 Å². The van der Waals surface area contributed by atoms with E-state index in [2.05, 4.69) is 36.1 Å². The molecular weight excluding hydrogens is 562 g/mol. The second kappa shape index (κ2) is 13.8. The number of nitrogens with zero attached hydrogens (tertiary/aromatic N) is 3. The summed E-state index contributed by atoms with van der Waals surface area (Å²) in [6.07, 6.45) is 6.23. The Morgan fingerprint density at radius 3 is 2.51 bits per heavy atom. The van der Waals surface area contributed by atoms with E-state index in [1.165, 1.54) is 9.87 Å². The molecule has 1 saturated heterocycles. The van der Waals surface area contributed by atoms with Gasteiger partial charge in [-0.15, -0.1) is 0 Å². The van der Waals surface area contributed by atoms with Crippen molar-refractivity contribution in [1.82, 2.24) is 13.5 Å². The number of ether oxygens (including phenoxy) is 2. The predicted octanol–water partition coefficient (Wildman–Crippen LogP) is 4.94. The van der Waals surface area contributed by atoms with Gasteiger partial charge in [-0.05, 0) is 86.8 Å². The maximum atomic E-state index is 13.8. The average Bonchev–Trinajstić information content (AvgIpc) is 3.33. The summed E-state index contributed by atoms with van der Waals surface area (Å²) in [5.41, 5.74) is 3.22. The number of rotatable bonds is 6. The fourth-order valence-corrected chi connectivity index (χ4v) is 8.14. The summed E-state index contributed by atoms with van der Waals surface area (Å²) in [5, 5.41) is 0. The second-order valence-corrected chi connectivity index (χ2v) is 14.4. The quantitative estimate of drug-likeness (QED) is 0.435. The number of carbonyl (C=O) groups is 1. The number of fused-ring (bicyclic) bond motifs is 7. The summed E-state index contributed by atoms with van der Waals surface area (Å²) in [4.78, 5) is 15.7. The van der Waals surface area contributed by atoms with Crippen molar-refractivity contribution < 1.29 is 22.7 Å². The van der Waals surface area contributed by atoms with Crippen molar-refractivity contribution >= 4 is 16.1 Å². The third-order valence-corrected chi connectivity index (χ3v) is 11.1. The molecule has 0 aromatic heterocycles. The molecule has 6 rings (SSSR count). The number of amides is 1. The highest BCUT2D eigenvalue weighted by Gasteiger charge is 2.48. The molecule has 8 nitrogen and oxygen atoms in total. The van der Waals surface area contributed by atoms with Crippen LogP contribution in [0.3, 0.4) is 0 Å². The van der Waals surface area contributed by atoms with Crippen molar-refractivity contribution in [3.8, 4) is 17.6 Å². The average molecular weight is 608 g/mol. The van der Waals surface area contributed by atoms with Crippen molar-refractivity contribution in [1.29, 1.82) is 0 Å². The van der Waals surface area contributed by atoms with Crippen molar-refractivity contribution in [3.05, 3.63) is 65.2 Å². The van der Waals surface area contributed by atoms with Crippen LogP contribution in [-0.2, 0) is 26.3 Å². The molecule has 1 saturated carbocycles. The van der Waals surface area contributed by atoms with Gasteiger partial charge in [0.1, 0.15) is 5.75 Å². The monoisotopic (exact) mass is 607 g/mol. The topological polar surface area (TPSA) is 79.4 Å². The second-order valence-electron chi connectivity index (χ2n) is 12.3. The molecule has 3 aliphatic heterocycles. The summed E-state index contributed by atoms with van der Waals surface area (Å²) in [6.45, 7) is 2.53. The zero-order valence-corrected chi connectivity index (χ0v) is 26.7. The van der Waals surface area contributed by atoms with Crippen molar-refractivity contribution in [3.63, 3.8) is 0 Å². The van der Waals surface area contributed by atoms with Gasteiger partial charge in [0.25, 0.3) is 10.2 Å². The maximum absolute atomic E-state index is 13.8. The van der Waals surface area contributed by atoms with Crippen LogP contribution in [0.1, 0.15) is 80.9 Å². The first-order valence-electron chi connectivity index (χ1n) is 15.5. The van der Waals surface area contributed by atoms with Crippen LogP contribution in [0.4, 0.5) is 0 Å². The first-order chi connectivity index (χ1) is 20.7. The largest absolute Gasteiger partial charge is 0.497 e. The van der Waals surface area contributed by atoms with E-state index in [9.17, 15) is 13.2 Å². The third-order valence-electron chi connectivity index (χ3n) is 9.23. The van der Waals surface area contributed by atoms with E-state index >= 15 is 0 Å². The van der Waals surface area contributed by atoms with Gasteiger partial charge in [0.15, 0.2) is 0 Å². The Bertz CT molecular complexity index is 1420. The van der Waals surface area contributed by atoms with Gasteiger partial charge in [-0.1, -0.05) is 36.1 Å². The molecule has 2 aromatic carbocycles. The molecule has 1 amide bonds. The number of carbonyl (C=O) groups excluding carboxylic acids is 1. The van der Waals surface area contributed by atoms with E-state index in [4.69, 9.17) is 9.47 Å². The predicted molar refractivity (Wildman–Crippen MR) is 168 cm³/mol. The smallest absolute Gasteiger partial charge is 0.282 e. The van der Waals surface area contributed by atoms with E-state index in [-0.39, 0.29) is 30.6 Å². The van der Waals surface area contributed by atoms with Gasteiger partial charge in [0.2, 0.25) is 5.91 Å². The standard InChI is InChI=1S/C34H45N3O5S/c1-25-21-32(36(43(39,40)35(2)3)23-27-13-17-30(41-4)18-14-27)33-24-42-31-19-15-28(16-20-31)29-11-8-10-26(22-29)9-6-5-7-12-34(38)37(25)33/h8,10-11,13-14,17-18,22,25,28,31-33H,5,7,12,15-16,19-21,23-24H2,1-4H3/t25?,28?,31?,32-,33-/m0/s1. The highest BCUT2D eigenvalue weighted by atomic mass is 32.2. The van der Waals surface area contributed by atoms with Gasteiger partial charge in [-0.25, -0.2) is 0 Å². The highest BCUT2D eigenvalue weighted by molar-refractivity contribution is 7.86. The number of hydrogen-bond acceptors (Lipinski definition) is 5. The van der Waals surface area contributed by atoms with Crippen molar-refractivity contribution in [2.45, 2.75) is 95.0 Å².